The van der Waals surface area contributed by atoms with Gasteiger partial charge in [0, 0.05) is 20.3 Å². The zero-order chi connectivity index (χ0) is 10.9. The van der Waals surface area contributed by atoms with Crippen molar-refractivity contribution in [1.29, 1.82) is 0 Å². The van der Waals surface area contributed by atoms with E-state index in [1.807, 2.05) is 0 Å². The topological polar surface area (TPSA) is 19.9 Å². The molecule has 1 atom stereocenters. The van der Waals surface area contributed by atoms with Gasteiger partial charge in [0.05, 0.1) is 6.54 Å². The molecule has 1 aliphatic rings. The Morgan fingerprint density at radius 3 is 2.53 bits per heavy atom. The molecule has 2 rings (SSSR count). The standard InChI is InChI=1S/C13H20N2/c1-13(2)14-12(10-15(13)3)9-11-7-5-4-6-8-11/h4-8,12,14H,9-10H2,1-3H3/p+1/t12-/m0/s1. The van der Waals surface area contributed by atoms with Crippen molar-refractivity contribution in [3.8, 4) is 0 Å². The molecule has 1 saturated heterocycles. The van der Waals surface area contributed by atoms with Crippen LogP contribution in [0.2, 0.25) is 0 Å². The first kappa shape index (κ1) is 10.7. The number of benzene rings is 1. The molecule has 0 amide bonds. The monoisotopic (exact) mass is 205 g/mol. The minimum atomic E-state index is 0.263. The largest absolute Gasteiger partial charge is 0.325 e. The summed E-state index contributed by atoms with van der Waals surface area (Å²) in [6, 6.07) is 11.5. The fraction of sp³-hybridized carbons (Fsp3) is 0.538. The van der Waals surface area contributed by atoms with Crippen molar-refractivity contribution in [2.45, 2.75) is 32.0 Å². The van der Waals surface area contributed by atoms with E-state index in [9.17, 15) is 0 Å². The van der Waals surface area contributed by atoms with E-state index in [1.165, 1.54) is 18.5 Å². The van der Waals surface area contributed by atoms with Gasteiger partial charge in [0.2, 0.25) is 0 Å². The molecule has 82 valence electrons. The summed E-state index contributed by atoms with van der Waals surface area (Å²) in [5, 5.41) is 2.49. The van der Waals surface area contributed by atoms with E-state index < -0.39 is 0 Å². The van der Waals surface area contributed by atoms with Gasteiger partial charge < -0.3 is 5.32 Å². The summed E-state index contributed by atoms with van der Waals surface area (Å²) in [6.45, 7) is 5.76. The van der Waals surface area contributed by atoms with Crippen LogP contribution in [0.4, 0.5) is 0 Å². The summed E-state index contributed by atoms with van der Waals surface area (Å²) in [7, 11) is 2.21. The Balaban J connectivity index is 1.99. The second-order valence-corrected chi connectivity index (χ2v) is 5.15. The van der Waals surface area contributed by atoms with Crippen LogP contribution in [-0.4, -0.2) is 30.2 Å². The third-order valence-corrected chi connectivity index (χ3v) is 3.48. The number of rotatable bonds is 2. The number of nitrogens with two attached hydrogens (primary N) is 1. The quantitative estimate of drug-likeness (QED) is 0.758. The normalized spacial score (nSPS) is 25.7. The van der Waals surface area contributed by atoms with Gasteiger partial charge in [-0.2, -0.15) is 0 Å². The van der Waals surface area contributed by atoms with Crippen molar-refractivity contribution >= 4 is 0 Å². The molecule has 1 fully saturated rings. The van der Waals surface area contributed by atoms with Crippen LogP contribution >= 0.6 is 0 Å². The molecule has 2 N–H and O–H groups in total. The van der Waals surface area contributed by atoms with Gasteiger partial charge in [0.15, 0.2) is 0 Å². The molecule has 2 heteroatoms. The van der Waals surface area contributed by atoms with Crippen LogP contribution in [0.15, 0.2) is 30.3 Å². The summed E-state index contributed by atoms with van der Waals surface area (Å²) >= 11 is 0. The van der Waals surface area contributed by atoms with E-state index in [1.54, 1.807) is 0 Å². The molecule has 1 heterocycles. The molecular weight excluding hydrogens is 184 g/mol. The van der Waals surface area contributed by atoms with Gasteiger partial charge in [-0.05, 0) is 12.6 Å². The van der Waals surface area contributed by atoms with Gasteiger partial charge in [-0.3, -0.25) is 0 Å². The molecule has 0 spiro atoms. The molecular formula is C13H21N2+. The zero-order valence-corrected chi connectivity index (χ0v) is 9.90. The minimum Gasteiger partial charge on any atom is -0.325 e. The van der Waals surface area contributed by atoms with Gasteiger partial charge in [0.1, 0.15) is 11.7 Å². The van der Waals surface area contributed by atoms with Gasteiger partial charge in [0.25, 0.3) is 0 Å². The summed E-state index contributed by atoms with van der Waals surface area (Å²) in [6.07, 6.45) is 1.18. The average molecular weight is 205 g/mol. The first-order valence-electron chi connectivity index (χ1n) is 5.69. The predicted octanol–water partition coefficient (Wildman–Crippen LogP) is 0.843. The van der Waals surface area contributed by atoms with Crippen molar-refractivity contribution < 1.29 is 5.32 Å². The van der Waals surface area contributed by atoms with Crippen LogP contribution in [0.3, 0.4) is 0 Å². The molecule has 0 bridgehead atoms. The molecule has 0 radical (unpaired) electrons. The first-order valence-corrected chi connectivity index (χ1v) is 5.69. The smallest absolute Gasteiger partial charge is 0.146 e. The highest BCUT2D eigenvalue weighted by atomic mass is 15.4. The average Bonchev–Trinajstić information content (AvgIpc) is 2.42. The number of hydrogen-bond donors (Lipinski definition) is 1. The summed E-state index contributed by atoms with van der Waals surface area (Å²) in [5.74, 6) is 0. The van der Waals surface area contributed by atoms with Crippen molar-refractivity contribution in [3.05, 3.63) is 35.9 Å². The third kappa shape index (κ3) is 2.39. The maximum absolute atomic E-state index is 2.49. The molecule has 1 aromatic rings. The summed E-state index contributed by atoms with van der Waals surface area (Å²) < 4.78 is 0. The van der Waals surface area contributed by atoms with E-state index in [-0.39, 0.29) is 5.66 Å². The molecule has 0 aliphatic carbocycles. The van der Waals surface area contributed by atoms with Crippen LogP contribution in [0.5, 0.6) is 0 Å². The lowest BCUT2D eigenvalue weighted by Crippen LogP contribution is -2.97. The van der Waals surface area contributed by atoms with Crippen molar-refractivity contribution in [2.24, 2.45) is 0 Å². The summed E-state index contributed by atoms with van der Waals surface area (Å²) in [5.41, 5.74) is 1.71. The van der Waals surface area contributed by atoms with Crippen molar-refractivity contribution in [2.75, 3.05) is 13.6 Å². The second kappa shape index (κ2) is 3.95. The minimum absolute atomic E-state index is 0.263. The van der Waals surface area contributed by atoms with Crippen molar-refractivity contribution in [3.63, 3.8) is 0 Å². The van der Waals surface area contributed by atoms with E-state index in [2.05, 4.69) is 61.4 Å². The Hall–Kier alpha value is -0.860. The fourth-order valence-electron chi connectivity index (χ4n) is 2.38. The fourth-order valence-corrected chi connectivity index (χ4v) is 2.38. The lowest BCUT2D eigenvalue weighted by atomic mass is 10.1. The highest BCUT2D eigenvalue weighted by Gasteiger charge is 2.39. The molecule has 2 nitrogen and oxygen atoms in total. The Labute approximate surface area is 92.3 Å². The second-order valence-electron chi connectivity index (χ2n) is 5.15. The van der Waals surface area contributed by atoms with Crippen molar-refractivity contribution in [1.82, 2.24) is 4.90 Å². The van der Waals surface area contributed by atoms with Crippen LogP contribution < -0.4 is 5.32 Å². The Morgan fingerprint density at radius 1 is 1.33 bits per heavy atom. The molecule has 0 unspecified atom stereocenters. The molecule has 0 saturated carbocycles. The Kier molecular flexibility index (Phi) is 2.81. The van der Waals surface area contributed by atoms with Gasteiger partial charge in [-0.15, -0.1) is 0 Å². The van der Waals surface area contributed by atoms with E-state index >= 15 is 0 Å². The Morgan fingerprint density at radius 2 is 2.00 bits per heavy atom. The lowest BCUT2D eigenvalue weighted by molar-refractivity contribution is -0.739. The van der Waals surface area contributed by atoms with Gasteiger partial charge >= 0.3 is 0 Å². The first-order chi connectivity index (χ1) is 7.08. The maximum Gasteiger partial charge on any atom is 0.146 e. The molecule has 1 aromatic carbocycles. The van der Waals surface area contributed by atoms with Gasteiger partial charge in [-0.1, -0.05) is 30.3 Å². The number of nitrogens with zero attached hydrogens (tertiary/aromatic N) is 1. The SMILES string of the molecule is CN1C[C@H](Cc2ccccc2)[NH2+]C1(C)C. The van der Waals surface area contributed by atoms with Gasteiger partial charge in [-0.25, -0.2) is 4.90 Å². The summed E-state index contributed by atoms with van der Waals surface area (Å²) in [4.78, 5) is 2.43. The van der Waals surface area contributed by atoms with Crippen LogP contribution in [0.25, 0.3) is 0 Å². The highest BCUT2D eigenvalue weighted by Crippen LogP contribution is 2.12. The highest BCUT2D eigenvalue weighted by molar-refractivity contribution is 5.15. The third-order valence-electron chi connectivity index (χ3n) is 3.48. The van der Waals surface area contributed by atoms with E-state index in [0.717, 1.165) is 0 Å². The number of likely N-dealkylation sites (N-methyl/N-ethyl adjacent to an activating group) is 1. The van der Waals surface area contributed by atoms with E-state index in [4.69, 9.17) is 0 Å². The molecule has 0 aromatic heterocycles. The van der Waals surface area contributed by atoms with Crippen LogP contribution in [0, 0.1) is 0 Å². The zero-order valence-electron chi connectivity index (χ0n) is 9.90. The molecule has 1 aliphatic heterocycles. The maximum atomic E-state index is 2.49. The molecule has 15 heavy (non-hydrogen) atoms. The lowest BCUT2D eigenvalue weighted by Gasteiger charge is -2.22. The van der Waals surface area contributed by atoms with Crippen LogP contribution in [0.1, 0.15) is 19.4 Å². The van der Waals surface area contributed by atoms with E-state index in [0.29, 0.717) is 6.04 Å². The Bertz CT molecular complexity index is 319. The number of hydrogen-bond acceptors (Lipinski definition) is 1. The predicted molar refractivity (Wildman–Crippen MR) is 62.6 cm³/mol. The van der Waals surface area contributed by atoms with Crippen LogP contribution in [-0.2, 0) is 6.42 Å². The number of quaternary nitrogens is 1.